The molecule has 0 amide bonds. The van der Waals surface area contributed by atoms with E-state index < -0.39 is 16.8 Å². The van der Waals surface area contributed by atoms with E-state index >= 15 is 0 Å². The zero-order valence-electron chi connectivity index (χ0n) is 12.2. The van der Waals surface area contributed by atoms with Crippen molar-refractivity contribution in [1.82, 2.24) is 4.57 Å². The van der Waals surface area contributed by atoms with Crippen LogP contribution in [0.3, 0.4) is 0 Å². The topological polar surface area (TPSA) is 21.7 Å². The highest BCUT2D eigenvalue weighted by atomic mass is 28.4. The van der Waals surface area contributed by atoms with E-state index in [1.807, 2.05) is 7.11 Å². The summed E-state index contributed by atoms with van der Waals surface area (Å²) in [6, 6.07) is 2.57. The first kappa shape index (κ1) is 15.4. The highest BCUT2D eigenvalue weighted by molar-refractivity contribution is 6.71. The molecular weight excluding hydrogens is 246 g/mol. The van der Waals surface area contributed by atoms with Crippen molar-refractivity contribution in [2.75, 3.05) is 26.8 Å². The Balaban J connectivity index is 2.36. The molecule has 1 aliphatic heterocycles. The summed E-state index contributed by atoms with van der Waals surface area (Å²) in [5, 5.41) is 0. The third kappa shape index (κ3) is 4.48. The first-order chi connectivity index (χ1) is 7.93. The second-order valence-corrected chi connectivity index (χ2v) is 14.0. The van der Waals surface area contributed by atoms with Gasteiger partial charge in [0.2, 0.25) is 0 Å². The van der Waals surface area contributed by atoms with Gasteiger partial charge in [-0.25, -0.2) is 0 Å². The van der Waals surface area contributed by atoms with Crippen LogP contribution in [0.25, 0.3) is 0 Å². The van der Waals surface area contributed by atoms with Crippen molar-refractivity contribution in [2.45, 2.75) is 51.5 Å². The fraction of sp³-hybridized carbons (Fsp3) is 1.00. The second-order valence-electron chi connectivity index (χ2n) is 5.77. The predicted molar refractivity (Wildman–Crippen MR) is 78.2 cm³/mol. The Morgan fingerprint density at radius 2 is 2.06 bits per heavy atom. The summed E-state index contributed by atoms with van der Waals surface area (Å²) in [4.78, 5) is 0. The van der Waals surface area contributed by atoms with Crippen LogP contribution in [0.4, 0.5) is 0 Å². The molecule has 1 heterocycles. The average molecular weight is 276 g/mol. The molecule has 1 atom stereocenters. The first-order valence-corrected chi connectivity index (χ1v) is 12.6. The lowest BCUT2D eigenvalue weighted by Gasteiger charge is -2.33. The zero-order chi connectivity index (χ0) is 12.9. The minimum Gasteiger partial charge on any atom is -0.420 e. The molecule has 1 unspecified atom stereocenters. The van der Waals surface area contributed by atoms with E-state index in [9.17, 15) is 0 Å². The predicted octanol–water partition coefficient (Wildman–Crippen LogP) is 3.04. The van der Waals surface area contributed by atoms with E-state index in [0.717, 1.165) is 6.61 Å². The van der Waals surface area contributed by atoms with Crippen LogP contribution in [-0.4, -0.2) is 48.2 Å². The van der Waals surface area contributed by atoms with Gasteiger partial charge >= 0.3 is 0 Å². The van der Waals surface area contributed by atoms with Crippen molar-refractivity contribution >= 4 is 16.8 Å². The molecule has 0 N–H and O–H groups in total. The molecule has 0 spiro atoms. The lowest BCUT2D eigenvalue weighted by Crippen LogP contribution is -2.49. The normalized spacial score (nSPS) is 26.6. The molecule has 0 aliphatic carbocycles. The van der Waals surface area contributed by atoms with E-state index in [1.165, 1.54) is 38.0 Å². The standard InChI is InChI=1S/C12H29NO2Si2/c1-6-15-17(5)12-8-10-13(17)9-7-11-16(3,4)14-2/h6-12H2,1-5H3. The fourth-order valence-corrected chi connectivity index (χ4v) is 7.17. The first-order valence-electron chi connectivity index (χ1n) is 6.88. The van der Waals surface area contributed by atoms with E-state index in [-0.39, 0.29) is 0 Å². The summed E-state index contributed by atoms with van der Waals surface area (Å²) < 4.78 is 14.3. The summed E-state index contributed by atoms with van der Waals surface area (Å²) in [6.07, 6.45) is 2.59. The minimum atomic E-state index is -1.51. The van der Waals surface area contributed by atoms with Gasteiger partial charge in [-0.2, -0.15) is 0 Å². The molecule has 0 aromatic heterocycles. The molecule has 1 rings (SSSR count). The third-order valence-electron chi connectivity index (χ3n) is 3.95. The maximum atomic E-state index is 6.06. The zero-order valence-corrected chi connectivity index (χ0v) is 14.2. The summed E-state index contributed by atoms with van der Waals surface area (Å²) >= 11 is 0. The number of nitrogens with zero attached hydrogens (tertiary/aromatic N) is 1. The number of hydrogen-bond donors (Lipinski definition) is 0. The molecule has 17 heavy (non-hydrogen) atoms. The molecule has 1 fully saturated rings. The van der Waals surface area contributed by atoms with Crippen LogP contribution < -0.4 is 0 Å². The van der Waals surface area contributed by atoms with Gasteiger partial charge in [-0.1, -0.05) is 0 Å². The van der Waals surface area contributed by atoms with Crippen LogP contribution >= 0.6 is 0 Å². The largest absolute Gasteiger partial charge is 0.420 e. The smallest absolute Gasteiger partial charge is 0.268 e. The molecule has 5 heteroatoms. The molecule has 0 aromatic rings. The van der Waals surface area contributed by atoms with Crippen molar-refractivity contribution in [1.29, 1.82) is 0 Å². The van der Waals surface area contributed by atoms with Crippen LogP contribution in [0.5, 0.6) is 0 Å². The van der Waals surface area contributed by atoms with E-state index in [4.69, 9.17) is 8.85 Å². The highest BCUT2D eigenvalue weighted by Crippen LogP contribution is 2.27. The quantitative estimate of drug-likeness (QED) is 0.667. The Kier molecular flexibility index (Phi) is 5.85. The molecule has 3 nitrogen and oxygen atoms in total. The van der Waals surface area contributed by atoms with Crippen molar-refractivity contribution in [3.8, 4) is 0 Å². The summed E-state index contributed by atoms with van der Waals surface area (Å²) in [5.41, 5.74) is 0. The van der Waals surface area contributed by atoms with Crippen molar-refractivity contribution in [3.63, 3.8) is 0 Å². The number of rotatable bonds is 7. The maximum absolute atomic E-state index is 6.06. The van der Waals surface area contributed by atoms with Gasteiger partial charge in [0, 0.05) is 13.7 Å². The Labute approximate surface area is 109 Å². The third-order valence-corrected chi connectivity index (χ3v) is 10.6. The van der Waals surface area contributed by atoms with Gasteiger partial charge < -0.3 is 13.4 Å². The summed E-state index contributed by atoms with van der Waals surface area (Å²) in [5.74, 6) is 0. The molecule has 0 aromatic carbocycles. The molecule has 102 valence electrons. The Hall–Kier alpha value is 0.314. The lowest BCUT2D eigenvalue weighted by molar-refractivity contribution is 0.269. The van der Waals surface area contributed by atoms with E-state index in [0.29, 0.717) is 0 Å². The maximum Gasteiger partial charge on any atom is 0.268 e. The average Bonchev–Trinajstić information content (AvgIpc) is 2.61. The molecular formula is C12H29NO2Si2. The van der Waals surface area contributed by atoms with Gasteiger partial charge in [0.05, 0.1) is 0 Å². The van der Waals surface area contributed by atoms with Gasteiger partial charge in [0.15, 0.2) is 8.32 Å². The van der Waals surface area contributed by atoms with E-state index in [2.05, 4.69) is 31.1 Å². The van der Waals surface area contributed by atoms with Gasteiger partial charge in [-0.15, -0.1) is 0 Å². The second kappa shape index (κ2) is 6.47. The molecule has 1 saturated heterocycles. The molecule has 0 radical (unpaired) electrons. The van der Waals surface area contributed by atoms with Gasteiger partial charge in [0.1, 0.15) is 0 Å². The van der Waals surface area contributed by atoms with Crippen molar-refractivity contribution in [3.05, 3.63) is 0 Å². The molecule has 1 aliphatic rings. The summed E-state index contributed by atoms with van der Waals surface area (Å²) in [6.45, 7) is 12.4. The van der Waals surface area contributed by atoms with Crippen LogP contribution in [0.15, 0.2) is 0 Å². The fourth-order valence-electron chi connectivity index (χ4n) is 2.61. The lowest BCUT2D eigenvalue weighted by atomic mass is 10.4. The SMILES string of the molecule is CCO[Si]1(C)CCCN1CCC[Si](C)(C)OC. The minimum absolute atomic E-state index is 0.873. The summed E-state index contributed by atoms with van der Waals surface area (Å²) in [7, 11) is -1.02. The van der Waals surface area contributed by atoms with Crippen LogP contribution in [0.1, 0.15) is 19.8 Å². The highest BCUT2D eigenvalue weighted by Gasteiger charge is 2.40. The van der Waals surface area contributed by atoms with Gasteiger partial charge in [0.25, 0.3) is 8.48 Å². The van der Waals surface area contributed by atoms with E-state index in [1.54, 1.807) is 0 Å². The monoisotopic (exact) mass is 275 g/mol. The molecule has 0 saturated carbocycles. The van der Waals surface area contributed by atoms with Crippen LogP contribution in [0.2, 0.25) is 31.7 Å². The van der Waals surface area contributed by atoms with Gasteiger partial charge in [-0.3, -0.25) is 0 Å². The molecule has 0 bridgehead atoms. The number of hydrogen-bond acceptors (Lipinski definition) is 3. The van der Waals surface area contributed by atoms with Crippen LogP contribution in [0, 0.1) is 0 Å². The Morgan fingerprint density at radius 1 is 1.35 bits per heavy atom. The van der Waals surface area contributed by atoms with Crippen LogP contribution in [-0.2, 0) is 8.85 Å². The van der Waals surface area contributed by atoms with Crippen molar-refractivity contribution < 1.29 is 8.85 Å². The van der Waals surface area contributed by atoms with Gasteiger partial charge in [-0.05, 0) is 64.6 Å². The Bertz CT molecular complexity index is 239. The van der Waals surface area contributed by atoms with Crippen molar-refractivity contribution in [2.24, 2.45) is 0 Å². The Morgan fingerprint density at radius 3 is 2.65 bits per heavy atom.